The fourth-order valence-corrected chi connectivity index (χ4v) is 17.1. The first kappa shape index (κ1) is 101. The van der Waals surface area contributed by atoms with Crippen molar-refractivity contribution < 1.29 is 118 Å². The zero-order chi connectivity index (χ0) is 96.0. The normalized spacial score (nSPS) is 11.3. The minimum atomic E-state index is -4.06. The summed E-state index contributed by atoms with van der Waals surface area (Å²) >= 11 is 6.05. The van der Waals surface area contributed by atoms with Crippen LogP contribution in [0.2, 0.25) is 5.02 Å². The van der Waals surface area contributed by atoms with E-state index in [1.165, 1.54) is 80.1 Å². The standard InChI is InChI=1S/C26H29NO8S.C24H24ClNO6S.C24H25NO5S.C23H21F2NO5S/c1-30-21-13-18(14-22(31-2)25(21)34-5)8-7-17-9-11-19(12-10-17)27-36(28,29)20-15-23(32-3)26(35-6)24(16-20)33-4;1-29-21-12-11-19(15-20(21)25)33(27,28)26-18-9-7-16(8-10-18)5-6-17-13-22(30-2)24(32-4)23(14-17)31-3;1-17-5-13-21(14-6-17)31(26,27)25-20-11-9-18(10-12-20)7-8-19-15-22(28-2)24(30-4)23(16-19)29-3;1-29-21-12-16(13-22(30-2)23(21)31-3)5-4-15-6-8-17(9-7-15)26-32(27,28)18-10-11-19(24)20(25)14-18/h7-16,27H,1-6H3;5-15,26H,1-4H3;5-16,25H,1-4H3;4-14,26H,1-3H3/b8-7-;6-5-;8-7-;5-4-. The Kier molecular flexibility index (Phi) is 36.2. The summed E-state index contributed by atoms with van der Waals surface area (Å²) in [5, 5.41) is 0.215. The second-order valence-corrected chi connectivity index (χ2v) is 34.8. The third kappa shape index (κ3) is 26.9. The fraction of sp³-hybridized carbons (Fsp3) is 0.175. The summed E-state index contributed by atoms with van der Waals surface area (Å²) in [4.78, 5) is -0.129. The number of rotatable bonds is 36. The molecule has 0 heterocycles. The molecule has 0 spiro atoms. The lowest BCUT2D eigenvalue weighted by atomic mass is 10.1. The van der Waals surface area contributed by atoms with Crippen molar-refractivity contribution in [1.82, 2.24) is 0 Å². The molecule has 696 valence electrons. The Morgan fingerprint density at radius 1 is 0.220 bits per heavy atom. The maximum Gasteiger partial charge on any atom is 0.262 e. The lowest BCUT2D eigenvalue weighted by Crippen LogP contribution is -2.13. The predicted molar refractivity (Wildman–Crippen MR) is 511 cm³/mol. The van der Waals surface area contributed by atoms with Gasteiger partial charge >= 0.3 is 0 Å². The molecule has 0 unspecified atom stereocenters. The van der Waals surface area contributed by atoms with Crippen LogP contribution in [-0.4, -0.2) is 147 Å². The van der Waals surface area contributed by atoms with Crippen LogP contribution in [0.4, 0.5) is 31.5 Å². The highest BCUT2D eigenvalue weighted by Gasteiger charge is 2.25. The number of nitrogens with one attached hydrogen (secondary N) is 4. The number of hydrogen-bond acceptors (Lipinski definition) is 24. The number of methoxy groups -OCH3 is 16. The average molecular weight is 1910 g/mol. The van der Waals surface area contributed by atoms with Crippen molar-refractivity contribution >= 4 is 123 Å². The maximum atomic E-state index is 13.4. The van der Waals surface area contributed by atoms with Gasteiger partial charge in [0.2, 0.25) is 28.7 Å². The average Bonchev–Trinajstić information content (AvgIpc) is 0.777. The number of sulfonamides is 4. The molecule has 28 nitrogen and oxygen atoms in total. The van der Waals surface area contributed by atoms with Crippen LogP contribution in [-0.2, 0) is 40.1 Å². The summed E-state index contributed by atoms with van der Waals surface area (Å²) in [5.41, 5.74) is 9.41. The van der Waals surface area contributed by atoms with Crippen molar-refractivity contribution in [3.8, 4) is 92.0 Å². The van der Waals surface area contributed by atoms with Gasteiger partial charge in [-0.05, 0) is 197 Å². The molecule has 0 aromatic heterocycles. The molecule has 4 N–H and O–H groups in total. The van der Waals surface area contributed by atoms with E-state index in [-0.39, 0.29) is 41.8 Å². The van der Waals surface area contributed by atoms with E-state index in [0.717, 1.165) is 62.2 Å². The van der Waals surface area contributed by atoms with Crippen molar-refractivity contribution in [3.05, 3.63) is 285 Å². The molecule has 0 aliphatic carbocycles. The highest BCUT2D eigenvalue weighted by molar-refractivity contribution is 7.93. The van der Waals surface area contributed by atoms with Gasteiger partial charge in [0.25, 0.3) is 40.1 Å². The van der Waals surface area contributed by atoms with Crippen LogP contribution in [0, 0.1) is 18.6 Å². The Morgan fingerprint density at radius 3 is 0.667 bits per heavy atom. The third-order valence-corrected chi connectivity index (χ3v) is 25.0. The molecule has 0 amide bonds. The van der Waals surface area contributed by atoms with E-state index in [0.29, 0.717) is 104 Å². The minimum absolute atomic E-state index is 0.0247. The van der Waals surface area contributed by atoms with Gasteiger partial charge in [-0.25, -0.2) is 42.5 Å². The Labute approximate surface area is 772 Å². The van der Waals surface area contributed by atoms with Gasteiger partial charge in [-0.2, -0.15) is 0 Å². The summed E-state index contributed by atoms with van der Waals surface area (Å²) in [7, 11) is 8.98. The highest BCUT2D eigenvalue weighted by Crippen LogP contribution is 2.45. The van der Waals surface area contributed by atoms with Crippen LogP contribution < -0.4 is 94.7 Å². The fourth-order valence-electron chi connectivity index (χ4n) is 12.5. The van der Waals surface area contributed by atoms with Crippen molar-refractivity contribution in [2.24, 2.45) is 0 Å². The molecule has 0 saturated heterocycles. The molecule has 132 heavy (non-hydrogen) atoms. The van der Waals surface area contributed by atoms with E-state index in [4.69, 9.17) is 87.4 Å². The first-order valence-corrected chi connectivity index (χ1v) is 45.6. The van der Waals surface area contributed by atoms with Crippen molar-refractivity contribution in [1.29, 1.82) is 0 Å². The predicted octanol–water partition coefficient (Wildman–Crippen LogP) is 20.0. The topological polar surface area (TPSA) is 332 Å². The van der Waals surface area contributed by atoms with Crippen molar-refractivity contribution in [3.63, 3.8) is 0 Å². The molecular formula is C97H99ClF2N4O24S4. The van der Waals surface area contributed by atoms with Crippen LogP contribution in [0.15, 0.2) is 238 Å². The molecule has 0 bridgehead atoms. The molecule has 0 atom stereocenters. The van der Waals surface area contributed by atoms with E-state index in [9.17, 15) is 42.5 Å². The molecule has 12 aromatic carbocycles. The SMILES string of the molecule is COc1cc(/C=C\c2ccc(NS(=O)(=O)c3cc(OC)c(OC)c(OC)c3)cc2)cc(OC)c1OC.COc1cc(/C=C\c2ccc(NS(=O)(=O)c3ccc(C)cc3)cc2)cc(OC)c1OC.COc1cc(/C=C\c2ccc(NS(=O)(=O)c3ccc(F)c(F)c3)cc2)cc(OC)c1OC.COc1ccc(S(=O)(=O)Nc2ccc(/C=C\c3cc(OC)c(OC)c(OC)c3)cc2)cc1Cl. The number of benzene rings is 12. The monoisotopic (exact) mass is 1900 g/mol. The summed E-state index contributed by atoms with van der Waals surface area (Å²) in [5.74, 6) is 5.29. The molecule has 35 heteroatoms. The van der Waals surface area contributed by atoms with Gasteiger partial charge < -0.3 is 75.8 Å². The van der Waals surface area contributed by atoms with Crippen LogP contribution in [0.3, 0.4) is 0 Å². The third-order valence-electron chi connectivity index (χ3n) is 19.2. The molecule has 12 aromatic rings. The van der Waals surface area contributed by atoms with Crippen LogP contribution in [0.25, 0.3) is 48.6 Å². The first-order valence-electron chi connectivity index (χ1n) is 39.3. The van der Waals surface area contributed by atoms with Crippen LogP contribution in [0.5, 0.6) is 92.0 Å². The van der Waals surface area contributed by atoms with Crippen LogP contribution >= 0.6 is 11.6 Å². The quantitative estimate of drug-likeness (QED) is 0.0265. The first-order chi connectivity index (χ1) is 63.2. The lowest BCUT2D eigenvalue weighted by molar-refractivity contribution is 0.323. The molecular weight excluding hydrogens is 1810 g/mol. The van der Waals surface area contributed by atoms with Gasteiger partial charge in [0.1, 0.15) is 5.75 Å². The van der Waals surface area contributed by atoms with Crippen molar-refractivity contribution in [2.45, 2.75) is 26.5 Å². The Bertz CT molecular complexity index is 6470. The van der Waals surface area contributed by atoms with Crippen LogP contribution in [0.1, 0.15) is 50.1 Å². The zero-order valence-corrected chi connectivity index (χ0v) is 79.0. The van der Waals surface area contributed by atoms with Gasteiger partial charge in [0.15, 0.2) is 69.1 Å². The summed E-state index contributed by atoms with van der Waals surface area (Å²) in [6.07, 6.45) is 15.1. The smallest absolute Gasteiger partial charge is 0.262 e. The second-order valence-electron chi connectivity index (χ2n) is 27.6. The van der Waals surface area contributed by atoms with Gasteiger partial charge in [-0.15, -0.1) is 0 Å². The van der Waals surface area contributed by atoms with E-state index in [1.54, 1.807) is 185 Å². The minimum Gasteiger partial charge on any atom is -0.495 e. The van der Waals surface area contributed by atoms with E-state index in [2.05, 4.69) is 18.9 Å². The van der Waals surface area contributed by atoms with Crippen molar-refractivity contribution in [2.75, 3.05) is 133 Å². The number of anilines is 4. The lowest BCUT2D eigenvalue weighted by Gasteiger charge is -2.15. The number of ether oxygens (including phenoxy) is 16. The molecule has 12 rings (SSSR count). The maximum absolute atomic E-state index is 13.4. The molecule has 0 aliphatic rings. The number of hydrogen-bond donors (Lipinski definition) is 4. The van der Waals surface area contributed by atoms with Gasteiger partial charge in [-0.1, -0.05) is 126 Å². The van der Waals surface area contributed by atoms with Gasteiger partial charge in [-0.3, -0.25) is 18.9 Å². The molecule has 0 fully saturated rings. The second kappa shape index (κ2) is 47.2. The van der Waals surface area contributed by atoms with E-state index < -0.39 is 51.7 Å². The zero-order valence-electron chi connectivity index (χ0n) is 75.0. The Hall–Kier alpha value is -14.5. The Morgan fingerprint density at radius 2 is 0.432 bits per heavy atom. The molecule has 0 saturated carbocycles. The van der Waals surface area contributed by atoms with E-state index >= 15 is 0 Å². The highest BCUT2D eigenvalue weighted by atomic mass is 35.5. The number of aryl methyl sites for hydroxylation is 1. The summed E-state index contributed by atoms with van der Waals surface area (Å²) in [6.45, 7) is 1.91. The summed E-state index contributed by atoms with van der Waals surface area (Å²) in [6, 6.07) is 58.3. The molecule has 0 aliphatic heterocycles. The Balaban J connectivity index is 0.000000198. The molecule has 0 radical (unpaired) electrons. The number of halogens is 3. The van der Waals surface area contributed by atoms with E-state index in [1.807, 2.05) is 104 Å². The largest absolute Gasteiger partial charge is 0.495 e. The summed E-state index contributed by atoms with van der Waals surface area (Å²) < 4.78 is 223. The van der Waals surface area contributed by atoms with Gasteiger partial charge in [0, 0.05) is 34.9 Å². The van der Waals surface area contributed by atoms with Gasteiger partial charge in [0.05, 0.1) is 138 Å².